The first kappa shape index (κ1) is 12.8. The number of nitrogens with one attached hydrogen (secondary N) is 1. The van der Waals surface area contributed by atoms with Gasteiger partial charge in [0.25, 0.3) is 0 Å². The number of halogens is 2. The molecule has 2 aromatic rings. The molecule has 0 radical (unpaired) electrons. The maximum absolute atomic E-state index is 5.76. The van der Waals surface area contributed by atoms with Crippen LogP contribution in [-0.4, -0.2) is 16.0 Å². The van der Waals surface area contributed by atoms with Crippen molar-refractivity contribution in [3.05, 3.63) is 38.3 Å². The molecule has 1 atom stereocenters. The van der Waals surface area contributed by atoms with Crippen LogP contribution in [0.15, 0.2) is 27.5 Å². The first-order chi connectivity index (χ1) is 8.15. The highest BCUT2D eigenvalue weighted by Gasteiger charge is 2.08. The van der Waals surface area contributed by atoms with E-state index in [2.05, 4.69) is 55.0 Å². The van der Waals surface area contributed by atoms with Gasteiger partial charge < -0.3 is 5.32 Å². The average Bonchev–Trinajstić information content (AvgIpc) is 2.76. The average molecular weight is 333 g/mol. The molecule has 0 aliphatic heterocycles. The van der Waals surface area contributed by atoms with Crippen molar-refractivity contribution < 1.29 is 0 Å². The second-order valence-electron chi connectivity index (χ2n) is 3.72. The molecular weight excluding hydrogens is 322 g/mol. The highest BCUT2D eigenvalue weighted by Crippen LogP contribution is 2.21. The fourth-order valence-corrected chi connectivity index (χ4v) is 2.61. The fraction of sp³-hybridized carbons (Fsp3) is 0.273. The first-order valence-corrected chi connectivity index (χ1v) is 7.22. The van der Waals surface area contributed by atoms with E-state index < -0.39 is 0 Å². The van der Waals surface area contributed by atoms with Crippen molar-refractivity contribution in [1.82, 2.24) is 9.97 Å². The molecule has 0 bridgehead atoms. The summed E-state index contributed by atoms with van der Waals surface area (Å²) in [6, 6.07) is 2.41. The maximum atomic E-state index is 5.76. The van der Waals surface area contributed by atoms with Gasteiger partial charge in [0.05, 0.1) is 4.47 Å². The maximum Gasteiger partial charge on any atom is 0.224 e. The summed E-state index contributed by atoms with van der Waals surface area (Å²) in [4.78, 5) is 8.03. The van der Waals surface area contributed by atoms with Crippen molar-refractivity contribution >= 4 is 44.7 Å². The topological polar surface area (TPSA) is 37.8 Å². The van der Waals surface area contributed by atoms with Gasteiger partial charge in [0.2, 0.25) is 5.28 Å². The Morgan fingerprint density at radius 3 is 3.12 bits per heavy atom. The molecule has 1 unspecified atom stereocenters. The number of hydrogen-bond donors (Lipinski definition) is 1. The molecule has 0 fully saturated rings. The van der Waals surface area contributed by atoms with E-state index in [1.54, 1.807) is 17.5 Å². The van der Waals surface area contributed by atoms with E-state index in [9.17, 15) is 0 Å². The van der Waals surface area contributed by atoms with Crippen LogP contribution in [0.25, 0.3) is 0 Å². The summed E-state index contributed by atoms with van der Waals surface area (Å²) < 4.78 is 0.819. The van der Waals surface area contributed by atoms with Gasteiger partial charge in [-0.1, -0.05) is 0 Å². The summed E-state index contributed by atoms with van der Waals surface area (Å²) >= 11 is 10.9. The lowest BCUT2D eigenvalue weighted by atomic mass is 10.1. The summed E-state index contributed by atoms with van der Waals surface area (Å²) in [6.07, 6.45) is 2.60. The van der Waals surface area contributed by atoms with Crippen LogP contribution in [0.3, 0.4) is 0 Å². The van der Waals surface area contributed by atoms with Gasteiger partial charge in [-0.3, -0.25) is 0 Å². The van der Waals surface area contributed by atoms with E-state index in [0.717, 1.165) is 16.7 Å². The zero-order chi connectivity index (χ0) is 12.3. The molecule has 0 aliphatic rings. The molecule has 0 saturated heterocycles. The van der Waals surface area contributed by atoms with E-state index in [4.69, 9.17) is 11.6 Å². The third-order valence-electron chi connectivity index (χ3n) is 2.22. The number of aromatic nitrogens is 2. The molecule has 17 heavy (non-hydrogen) atoms. The molecule has 0 saturated carbocycles. The Morgan fingerprint density at radius 2 is 2.41 bits per heavy atom. The summed E-state index contributed by atoms with van der Waals surface area (Å²) in [5, 5.41) is 7.80. The molecule has 0 aliphatic carbocycles. The smallest absolute Gasteiger partial charge is 0.224 e. The van der Waals surface area contributed by atoms with Crippen molar-refractivity contribution in [3.63, 3.8) is 0 Å². The molecule has 0 amide bonds. The van der Waals surface area contributed by atoms with Crippen LogP contribution < -0.4 is 5.32 Å². The third-order valence-corrected chi connectivity index (χ3v) is 3.71. The van der Waals surface area contributed by atoms with Crippen molar-refractivity contribution in [3.8, 4) is 0 Å². The van der Waals surface area contributed by atoms with Crippen LogP contribution in [0, 0.1) is 0 Å². The minimum Gasteiger partial charge on any atom is -0.366 e. The van der Waals surface area contributed by atoms with Gasteiger partial charge in [0.15, 0.2) is 0 Å². The standard InChI is InChI=1S/C11H11BrClN3S/c1-7(4-8-2-3-17-6-8)15-10-9(12)5-14-11(13)16-10/h2-3,5-7H,4H2,1H3,(H,14,15,16). The molecule has 2 rings (SSSR count). The van der Waals surface area contributed by atoms with Crippen LogP contribution in [0.2, 0.25) is 5.28 Å². The van der Waals surface area contributed by atoms with Crippen LogP contribution in [0.5, 0.6) is 0 Å². The lowest BCUT2D eigenvalue weighted by Gasteiger charge is -2.14. The Kier molecular flexibility index (Phi) is 4.36. The minimum absolute atomic E-state index is 0.249. The lowest BCUT2D eigenvalue weighted by Crippen LogP contribution is -2.19. The Labute approximate surface area is 117 Å². The number of hydrogen-bond acceptors (Lipinski definition) is 4. The van der Waals surface area contributed by atoms with Gasteiger partial charge in [0, 0.05) is 12.2 Å². The Bertz CT molecular complexity index is 489. The van der Waals surface area contributed by atoms with E-state index >= 15 is 0 Å². The predicted molar refractivity (Wildman–Crippen MR) is 75.8 cm³/mol. The Balaban J connectivity index is 2.02. The Hall–Kier alpha value is -0.650. The van der Waals surface area contributed by atoms with Gasteiger partial charge in [-0.05, 0) is 63.3 Å². The molecule has 0 spiro atoms. The van der Waals surface area contributed by atoms with Gasteiger partial charge >= 0.3 is 0 Å². The zero-order valence-electron chi connectivity index (χ0n) is 9.15. The minimum atomic E-state index is 0.249. The zero-order valence-corrected chi connectivity index (χ0v) is 12.3. The predicted octanol–water partition coefficient (Wildman–Crippen LogP) is 4.00. The van der Waals surface area contributed by atoms with Crippen molar-refractivity contribution in [2.24, 2.45) is 0 Å². The summed E-state index contributed by atoms with van der Waals surface area (Å²) in [7, 11) is 0. The third kappa shape index (κ3) is 3.66. The molecule has 2 aromatic heterocycles. The summed E-state index contributed by atoms with van der Waals surface area (Å²) in [6.45, 7) is 2.11. The van der Waals surface area contributed by atoms with Crippen molar-refractivity contribution in [2.45, 2.75) is 19.4 Å². The molecule has 2 heterocycles. The number of thiophene rings is 1. The normalized spacial score (nSPS) is 12.4. The van der Waals surface area contributed by atoms with E-state index in [0.29, 0.717) is 0 Å². The van der Waals surface area contributed by atoms with Gasteiger partial charge in [0.1, 0.15) is 5.82 Å². The highest BCUT2D eigenvalue weighted by atomic mass is 79.9. The second kappa shape index (κ2) is 5.80. The highest BCUT2D eigenvalue weighted by molar-refractivity contribution is 9.10. The molecule has 1 N–H and O–H groups in total. The van der Waals surface area contributed by atoms with Crippen LogP contribution >= 0.6 is 38.9 Å². The van der Waals surface area contributed by atoms with Gasteiger partial charge in [-0.25, -0.2) is 4.98 Å². The molecule has 0 aromatic carbocycles. The van der Waals surface area contributed by atoms with E-state index in [-0.39, 0.29) is 11.3 Å². The molecule has 3 nitrogen and oxygen atoms in total. The summed E-state index contributed by atoms with van der Waals surface area (Å²) in [5.41, 5.74) is 1.33. The Morgan fingerprint density at radius 1 is 1.59 bits per heavy atom. The van der Waals surface area contributed by atoms with Crippen LogP contribution in [0.1, 0.15) is 12.5 Å². The number of rotatable bonds is 4. The monoisotopic (exact) mass is 331 g/mol. The fourth-order valence-electron chi connectivity index (χ4n) is 1.49. The first-order valence-electron chi connectivity index (χ1n) is 5.11. The van der Waals surface area contributed by atoms with Gasteiger partial charge in [-0.2, -0.15) is 16.3 Å². The van der Waals surface area contributed by atoms with Crippen molar-refractivity contribution in [2.75, 3.05) is 5.32 Å². The quantitative estimate of drug-likeness (QED) is 0.860. The van der Waals surface area contributed by atoms with Gasteiger partial charge in [-0.15, -0.1) is 0 Å². The second-order valence-corrected chi connectivity index (χ2v) is 5.69. The van der Waals surface area contributed by atoms with Crippen LogP contribution in [-0.2, 0) is 6.42 Å². The molecular formula is C11H11BrClN3S. The van der Waals surface area contributed by atoms with Crippen molar-refractivity contribution in [1.29, 1.82) is 0 Å². The lowest BCUT2D eigenvalue weighted by molar-refractivity contribution is 0.784. The largest absolute Gasteiger partial charge is 0.366 e. The van der Waals surface area contributed by atoms with E-state index in [1.807, 2.05) is 0 Å². The molecule has 6 heteroatoms. The SMILES string of the molecule is CC(Cc1ccsc1)Nc1nc(Cl)ncc1Br. The van der Waals surface area contributed by atoms with E-state index in [1.165, 1.54) is 5.56 Å². The molecule has 90 valence electrons. The van der Waals surface area contributed by atoms with Crippen LogP contribution in [0.4, 0.5) is 5.82 Å². The number of anilines is 1. The number of nitrogens with zero attached hydrogens (tertiary/aromatic N) is 2. The summed E-state index contributed by atoms with van der Waals surface area (Å²) in [5.74, 6) is 0.729.